The zero-order chi connectivity index (χ0) is 19.4. The monoisotopic (exact) mass is 383 g/mol. The van der Waals surface area contributed by atoms with E-state index in [9.17, 15) is 4.79 Å². The summed E-state index contributed by atoms with van der Waals surface area (Å²) in [7, 11) is 3.98. The van der Waals surface area contributed by atoms with Gasteiger partial charge in [-0.1, -0.05) is 12.1 Å². The molecule has 0 radical (unpaired) electrons. The second-order valence-electron chi connectivity index (χ2n) is 6.81. The van der Waals surface area contributed by atoms with Crippen LogP contribution in [0.4, 0.5) is 11.4 Å². The summed E-state index contributed by atoms with van der Waals surface area (Å²) in [6, 6.07) is 8.11. The van der Waals surface area contributed by atoms with Crippen LogP contribution in [0.25, 0.3) is 11.3 Å². The van der Waals surface area contributed by atoms with Crippen LogP contribution < -0.4 is 10.6 Å². The highest BCUT2D eigenvalue weighted by molar-refractivity contribution is 7.12. The topological polar surface area (TPSA) is 73.0 Å². The quantitative estimate of drug-likeness (QED) is 0.580. The molecule has 0 aliphatic heterocycles. The minimum Gasteiger partial charge on any atom is -0.354 e. The van der Waals surface area contributed by atoms with Crippen molar-refractivity contribution in [3.8, 4) is 11.3 Å². The first-order chi connectivity index (χ1) is 13.0. The maximum Gasteiger partial charge on any atom is 0.263 e. The normalized spacial score (nSPS) is 11.0. The molecule has 0 bridgehead atoms. The van der Waals surface area contributed by atoms with E-state index in [0.29, 0.717) is 11.4 Å². The zero-order valence-corrected chi connectivity index (χ0v) is 16.9. The summed E-state index contributed by atoms with van der Waals surface area (Å²) in [6.45, 7) is 5.48. The van der Waals surface area contributed by atoms with Gasteiger partial charge in [-0.15, -0.1) is 11.3 Å². The molecule has 3 rings (SSSR count). The van der Waals surface area contributed by atoms with Gasteiger partial charge in [-0.2, -0.15) is 5.10 Å². The third kappa shape index (κ3) is 4.56. The van der Waals surface area contributed by atoms with Crippen molar-refractivity contribution in [3.63, 3.8) is 0 Å². The number of aromatic nitrogens is 2. The van der Waals surface area contributed by atoms with Crippen LogP contribution in [0.15, 0.2) is 35.8 Å². The summed E-state index contributed by atoms with van der Waals surface area (Å²) in [5.74, 6) is -0.0397. The molecule has 27 heavy (non-hydrogen) atoms. The number of aryl methyl sites for hydroxylation is 2. The minimum absolute atomic E-state index is 0.0397. The largest absolute Gasteiger partial charge is 0.354 e. The predicted octanol–water partition coefficient (Wildman–Crippen LogP) is 3.79. The lowest BCUT2D eigenvalue weighted by Gasteiger charge is -2.12. The van der Waals surface area contributed by atoms with Crippen LogP contribution >= 0.6 is 11.3 Å². The lowest BCUT2D eigenvalue weighted by molar-refractivity contribution is 0.0956. The molecule has 0 saturated carbocycles. The summed E-state index contributed by atoms with van der Waals surface area (Å²) in [5.41, 5.74) is 6.09. The number of nitrogens with one attached hydrogen (secondary N) is 3. The second kappa shape index (κ2) is 8.37. The fourth-order valence-electron chi connectivity index (χ4n) is 2.74. The van der Waals surface area contributed by atoms with E-state index < -0.39 is 0 Å². The average molecular weight is 384 g/mol. The molecule has 6 nitrogen and oxygen atoms in total. The van der Waals surface area contributed by atoms with Gasteiger partial charge < -0.3 is 15.5 Å². The zero-order valence-electron chi connectivity index (χ0n) is 16.1. The number of benzene rings is 1. The van der Waals surface area contributed by atoms with Crippen LogP contribution in [0.5, 0.6) is 0 Å². The molecule has 0 fully saturated rings. The minimum atomic E-state index is -0.0397. The van der Waals surface area contributed by atoms with Crippen LogP contribution in [-0.4, -0.2) is 48.2 Å². The number of aromatic amines is 1. The molecule has 142 valence electrons. The van der Waals surface area contributed by atoms with Crippen molar-refractivity contribution in [2.45, 2.75) is 13.8 Å². The van der Waals surface area contributed by atoms with Gasteiger partial charge in [0.2, 0.25) is 0 Å². The number of likely N-dealkylation sites (N-methyl/N-ethyl adjacent to an activating group) is 1. The second-order valence-corrected chi connectivity index (χ2v) is 7.69. The number of anilines is 2. The molecule has 3 aromatic rings. The number of hydrogen-bond donors (Lipinski definition) is 3. The number of carbonyl (C=O) groups excluding carboxylic acids is 1. The first kappa shape index (κ1) is 19.1. The number of thiophene rings is 1. The lowest BCUT2D eigenvalue weighted by Crippen LogP contribution is -2.31. The van der Waals surface area contributed by atoms with Gasteiger partial charge in [0.05, 0.1) is 17.6 Å². The van der Waals surface area contributed by atoms with E-state index in [1.54, 1.807) is 0 Å². The van der Waals surface area contributed by atoms with Crippen molar-refractivity contribution in [2.75, 3.05) is 32.5 Å². The molecule has 2 aromatic heterocycles. The van der Waals surface area contributed by atoms with Crippen molar-refractivity contribution in [2.24, 2.45) is 0 Å². The Morgan fingerprint density at radius 3 is 2.56 bits per heavy atom. The standard InChI is InChI=1S/C20H25N5OS/c1-13-11-22-24-17(13)15-5-7-16(8-6-15)23-18-14(2)12-27-19(18)20(26)21-9-10-25(3)4/h5-8,11-12,23H,9-10H2,1-4H3,(H,21,26)(H,22,24). The Kier molecular flexibility index (Phi) is 5.93. The smallest absolute Gasteiger partial charge is 0.263 e. The summed E-state index contributed by atoms with van der Waals surface area (Å²) < 4.78 is 0. The van der Waals surface area contributed by atoms with Crippen molar-refractivity contribution in [1.82, 2.24) is 20.4 Å². The molecule has 2 heterocycles. The lowest BCUT2D eigenvalue weighted by atomic mass is 10.1. The molecule has 0 saturated heterocycles. The Bertz CT molecular complexity index is 911. The molecule has 0 atom stereocenters. The predicted molar refractivity (Wildman–Crippen MR) is 112 cm³/mol. The van der Waals surface area contributed by atoms with Crippen molar-refractivity contribution in [1.29, 1.82) is 0 Å². The maximum absolute atomic E-state index is 12.5. The van der Waals surface area contributed by atoms with Gasteiger partial charge in [0.1, 0.15) is 4.88 Å². The fraction of sp³-hybridized carbons (Fsp3) is 0.300. The summed E-state index contributed by atoms with van der Waals surface area (Å²) in [6.07, 6.45) is 1.82. The van der Waals surface area contributed by atoms with Gasteiger partial charge in [-0.05, 0) is 62.1 Å². The van der Waals surface area contributed by atoms with E-state index in [1.807, 2.05) is 68.7 Å². The molecule has 0 unspecified atom stereocenters. The Hall–Kier alpha value is -2.64. The number of nitrogens with zero attached hydrogens (tertiary/aromatic N) is 2. The Labute approximate surface area is 163 Å². The highest BCUT2D eigenvalue weighted by atomic mass is 32.1. The number of amides is 1. The number of rotatable bonds is 7. The molecule has 0 aliphatic rings. The first-order valence-electron chi connectivity index (χ1n) is 8.84. The van der Waals surface area contributed by atoms with Crippen LogP contribution in [0, 0.1) is 13.8 Å². The molecule has 0 aliphatic carbocycles. The Morgan fingerprint density at radius 1 is 1.19 bits per heavy atom. The molecule has 3 N–H and O–H groups in total. The van der Waals surface area contributed by atoms with Gasteiger partial charge in [-0.25, -0.2) is 0 Å². The van der Waals surface area contributed by atoms with Crippen LogP contribution in [0.1, 0.15) is 20.8 Å². The molecule has 1 amide bonds. The van der Waals surface area contributed by atoms with E-state index >= 15 is 0 Å². The van der Waals surface area contributed by atoms with E-state index in [-0.39, 0.29) is 5.91 Å². The van der Waals surface area contributed by atoms with Crippen molar-refractivity contribution < 1.29 is 4.79 Å². The number of hydrogen-bond acceptors (Lipinski definition) is 5. The molecular formula is C20H25N5OS. The third-order valence-corrected chi connectivity index (χ3v) is 5.39. The van der Waals surface area contributed by atoms with Gasteiger partial charge in [0, 0.05) is 18.8 Å². The van der Waals surface area contributed by atoms with Crippen molar-refractivity contribution in [3.05, 3.63) is 51.8 Å². The number of H-pyrrole nitrogens is 1. The molecular weight excluding hydrogens is 358 g/mol. The van der Waals surface area contributed by atoms with Gasteiger partial charge >= 0.3 is 0 Å². The van der Waals surface area contributed by atoms with Gasteiger partial charge in [0.25, 0.3) is 5.91 Å². The molecule has 7 heteroatoms. The molecule has 1 aromatic carbocycles. The van der Waals surface area contributed by atoms with Crippen LogP contribution in [0.3, 0.4) is 0 Å². The molecule has 0 spiro atoms. The summed E-state index contributed by atoms with van der Waals surface area (Å²) in [4.78, 5) is 15.3. The van der Waals surface area contributed by atoms with Gasteiger partial charge in [-0.3, -0.25) is 9.89 Å². The van der Waals surface area contributed by atoms with E-state index in [2.05, 4.69) is 20.8 Å². The third-order valence-electron chi connectivity index (χ3n) is 4.30. The van der Waals surface area contributed by atoms with E-state index in [4.69, 9.17) is 0 Å². The van der Waals surface area contributed by atoms with Crippen LogP contribution in [0.2, 0.25) is 0 Å². The Morgan fingerprint density at radius 2 is 1.93 bits per heavy atom. The highest BCUT2D eigenvalue weighted by Crippen LogP contribution is 2.31. The fourth-order valence-corrected chi connectivity index (χ4v) is 3.66. The highest BCUT2D eigenvalue weighted by Gasteiger charge is 2.16. The first-order valence-corrected chi connectivity index (χ1v) is 9.72. The van der Waals surface area contributed by atoms with E-state index in [0.717, 1.165) is 40.3 Å². The number of carbonyl (C=O) groups is 1. The maximum atomic E-state index is 12.5. The average Bonchev–Trinajstić information content (AvgIpc) is 3.22. The van der Waals surface area contributed by atoms with E-state index in [1.165, 1.54) is 11.3 Å². The van der Waals surface area contributed by atoms with Crippen LogP contribution in [-0.2, 0) is 0 Å². The summed E-state index contributed by atoms with van der Waals surface area (Å²) in [5, 5.41) is 15.5. The van der Waals surface area contributed by atoms with Crippen molar-refractivity contribution >= 4 is 28.6 Å². The Balaban J connectivity index is 1.73. The van der Waals surface area contributed by atoms with Gasteiger partial charge in [0.15, 0.2) is 0 Å². The SMILES string of the molecule is Cc1cn[nH]c1-c1ccc(Nc2c(C)csc2C(=O)NCCN(C)C)cc1. The summed E-state index contributed by atoms with van der Waals surface area (Å²) >= 11 is 1.46.